The van der Waals surface area contributed by atoms with Gasteiger partial charge in [-0.05, 0) is 31.2 Å². The first-order valence-electron chi connectivity index (χ1n) is 7.91. The van der Waals surface area contributed by atoms with Gasteiger partial charge in [0.15, 0.2) is 11.5 Å². The number of aromatic nitrogens is 4. The second-order valence-corrected chi connectivity index (χ2v) is 6.62. The number of hydrogen-bond donors (Lipinski definition) is 1. The second kappa shape index (κ2) is 6.58. The third-order valence-electron chi connectivity index (χ3n) is 4.03. The topological polar surface area (TPSA) is 78.9 Å². The number of nitrogens with zero attached hydrogens (tertiary/aromatic N) is 5. The fourth-order valence-corrected chi connectivity index (χ4v) is 2.96. The average molecular weight is 405 g/mol. The molecule has 6 nitrogen and oxygen atoms in total. The molecular weight excluding hydrogens is 392 g/mol. The Morgan fingerprint density at radius 1 is 1.04 bits per heavy atom. The van der Waals surface area contributed by atoms with E-state index in [1.165, 1.54) is 0 Å². The van der Waals surface area contributed by atoms with Crippen molar-refractivity contribution in [3.05, 3.63) is 70.3 Å². The highest BCUT2D eigenvalue weighted by molar-refractivity contribution is 9.10. The highest BCUT2D eigenvalue weighted by Crippen LogP contribution is 2.27. The predicted molar refractivity (Wildman–Crippen MR) is 103 cm³/mol. The van der Waals surface area contributed by atoms with Crippen LogP contribution in [-0.2, 0) is 0 Å². The summed E-state index contributed by atoms with van der Waals surface area (Å²) in [7, 11) is 0. The minimum absolute atomic E-state index is 0.419. The van der Waals surface area contributed by atoms with E-state index in [2.05, 4.69) is 42.6 Å². The maximum atomic E-state index is 9.60. The number of hydrogen-bond acceptors (Lipinski definition) is 5. The van der Waals surface area contributed by atoms with Crippen molar-refractivity contribution >= 4 is 33.1 Å². The molecule has 0 atom stereocenters. The summed E-state index contributed by atoms with van der Waals surface area (Å²) in [5.41, 5.74) is 4.01. The minimum atomic E-state index is 0.419. The van der Waals surface area contributed by atoms with Crippen LogP contribution in [0.25, 0.3) is 16.9 Å². The van der Waals surface area contributed by atoms with Gasteiger partial charge in [0.1, 0.15) is 17.3 Å². The normalized spacial score (nSPS) is 10.7. The van der Waals surface area contributed by atoms with Crippen LogP contribution in [0.15, 0.2) is 59.1 Å². The molecule has 0 aliphatic heterocycles. The van der Waals surface area contributed by atoms with Crippen LogP contribution in [-0.4, -0.2) is 19.8 Å². The second-order valence-electron chi connectivity index (χ2n) is 5.70. The van der Waals surface area contributed by atoms with Crippen LogP contribution in [0.3, 0.4) is 0 Å². The SMILES string of the molecule is Cc1c(Nc2ccc(Br)cc2)nnc2c(C#N)c(-c3ccccc3)nn12. The number of aryl methyl sites for hydroxylation is 1. The quantitative estimate of drug-likeness (QED) is 0.544. The van der Waals surface area contributed by atoms with Gasteiger partial charge in [0.2, 0.25) is 0 Å². The third kappa shape index (κ3) is 2.80. The molecule has 0 fully saturated rings. The zero-order valence-electron chi connectivity index (χ0n) is 13.8. The molecule has 126 valence electrons. The van der Waals surface area contributed by atoms with Crippen LogP contribution >= 0.6 is 15.9 Å². The van der Waals surface area contributed by atoms with Crippen molar-refractivity contribution in [3.8, 4) is 17.3 Å². The minimum Gasteiger partial charge on any atom is -0.337 e. The number of fused-ring (bicyclic) bond motifs is 1. The van der Waals surface area contributed by atoms with Crippen LogP contribution in [0.2, 0.25) is 0 Å². The largest absolute Gasteiger partial charge is 0.337 e. The number of nitriles is 1. The Bertz CT molecular complexity index is 1130. The third-order valence-corrected chi connectivity index (χ3v) is 4.56. The first-order chi connectivity index (χ1) is 12.7. The molecule has 2 aromatic heterocycles. The van der Waals surface area contributed by atoms with Gasteiger partial charge in [-0.1, -0.05) is 46.3 Å². The van der Waals surface area contributed by atoms with Gasteiger partial charge < -0.3 is 5.32 Å². The van der Waals surface area contributed by atoms with E-state index in [1.807, 2.05) is 61.5 Å². The van der Waals surface area contributed by atoms with Crippen molar-refractivity contribution in [2.24, 2.45) is 0 Å². The Morgan fingerprint density at radius 2 is 1.77 bits per heavy atom. The predicted octanol–water partition coefficient (Wildman–Crippen LogP) is 4.48. The first-order valence-corrected chi connectivity index (χ1v) is 8.71. The van der Waals surface area contributed by atoms with Crippen molar-refractivity contribution in [1.29, 1.82) is 5.26 Å². The van der Waals surface area contributed by atoms with Crippen molar-refractivity contribution < 1.29 is 0 Å². The molecule has 0 bridgehead atoms. The van der Waals surface area contributed by atoms with Crippen molar-refractivity contribution in [2.75, 3.05) is 5.32 Å². The Labute approximate surface area is 158 Å². The van der Waals surface area contributed by atoms with E-state index in [4.69, 9.17) is 0 Å². The molecule has 4 aromatic rings. The van der Waals surface area contributed by atoms with Crippen LogP contribution in [0, 0.1) is 18.3 Å². The van der Waals surface area contributed by atoms with E-state index >= 15 is 0 Å². The number of rotatable bonds is 3. The summed E-state index contributed by atoms with van der Waals surface area (Å²) in [5.74, 6) is 0.589. The molecular formula is C19H13BrN6. The van der Waals surface area contributed by atoms with Gasteiger partial charge in [-0.25, -0.2) is 4.52 Å². The molecule has 26 heavy (non-hydrogen) atoms. The summed E-state index contributed by atoms with van der Waals surface area (Å²) in [5, 5.41) is 25.9. The maximum absolute atomic E-state index is 9.60. The lowest BCUT2D eigenvalue weighted by molar-refractivity contribution is 0.858. The summed E-state index contributed by atoms with van der Waals surface area (Å²) in [6.07, 6.45) is 0. The Hall–Kier alpha value is -3.24. The molecule has 1 N–H and O–H groups in total. The maximum Gasteiger partial charge on any atom is 0.196 e. The number of nitrogens with one attached hydrogen (secondary N) is 1. The molecule has 0 saturated carbocycles. The Morgan fingerprint density at radius 3 is 2.46 bits per heavy atom. The van der Waals surface area contributed by atoms with Gasteiger partial charge in [-0.2, -0.15) is 10.4 Å². The lowest BCUT2D eigenvalue weighted by Crippen LogP contribution is -2.05. The molecule has 7 heteroatoms. The molecule has 0 amide bonds. The van der Waals surface area contributed by atoms with Crippen LogP contribution in [0.5, 0.6) is 0 Å². The van der Waals surface area contributed by atoms with E-state index in [0.29, 0.717) is 22.7 Å². The molecule has 2 heterocycles. The van der Waals surface area contributed by atoms with Crippen molar-refractivity contribution in [1.82, 2.24) is 19.8 Å². The molecule has 0 spiro atoms. The zero-order valence-corrected chi connectivity index (χ0v) is 15.4. The number of benzene rings is 2. The lowest BCUT2D eigenvalue weighted by Gasteiger charge is -2.08. The van der Waals surface area contributed by atoms with Gasteiger partial charge >= 0.3 is 0 Å². The lowest BCUT2D eigenvalue weighted by atomic mass is 10.1. The van der Waals surface area contributed by atoms with E-state index < -0.39 is 0 Å². The van der Waals surface area contributed by atoms with Crippen LogP contribution in [0.4, 0.5) is 11.5 Å². The van der Waals surface area contributed by atoms with Gasteiger partial charge in [0.05, 0.1) is 5.69 Å². The molecule has 0 radical (unpaired) electrons. The van der Waals surface area contributed by atoms with Gasteiger partial charge in [-0.15, -0.1) is 10.2 Å². The molecule has 0 unspecified atom stereocenters. The van der Waals surface area contributed by atoms with Gasteiger partial charge in [0, 0.05) is 15.7 Å². The Kier molecular flexibility index (Phi) is 4.11. The molecule has 0 aliphatic carbocycles. The molecule has 0 aliphatic rings. The summed E-state index contributed by atoms with van der Waals surface area (Å²) < 4.78 is 2.66. The summed E-state index contributed by atoms with van der Waals surface area (Å²) in [4.78, 5) is 0. The number of halogens is 1. The Balaban J connectivity index is 1.83. The van der Waals surface area contributed by atoms with E-state index in [0.717, 1.165) is 21.4 Å². The first kappa shape index (κ1) is 16.2. The smallest absolute Gasteiger partial charge is 0.196 e. The monoisotopic (exact) mass is 404 g/mol. The van der Waals surface area contributed by atoms with Gasteiger partial charge in [0.25, 0.3) is 0 Å². The molecule has 4 rings (SSSR count). The summed E-state index contributed by atoms with van der Waals surface area (Å²) >= 11 is 3.42. The highest BCUT2D eigenvalue weighted by Gasteiger charge is 2.18. The standard InChI is InChI=1S/C19H13BrN6/c1-12-18(22-15-9-7-14(20)8-10-15)23-24-19-16(11-21)17(25-26(12)19)13-5-3-2-4-6-13/h2-10,22H,1H3. The number of anilines is 2. The summed E-state index contributed by atoms with van der Waals surface area (Å²) in [6.45, 7) is 1.89. The fraction of sp³-hybridized carbons (Fsp3) is 0.0526. The van der Waals surface area contributed by atoms with E-state index in [1.54, 1.807) is 4.52 Å². The molecule has 2 aromatic carbocycles. The fourth-order valence-electron chi connectivity index (χ4n) is 2.69. The van der Waals surface area contributed by atoms with Crippen molar-refractivity contribution in [3.63, 3.8) is 0 Å². The summed E-state index contributed by atoms with van der Waals surface area (Å²) in [6, 6.07) is 19.6. The van der Waals surface area contributed by atoms with Crippen LogP contribution in [0.1, 0.15) is 11.3 Å². The average Bonchev–Trinajstić information content (AvgIpc) is 3.06. The van der Waals surface area contributed by atoms with Crippen LogP contribution < -0.4 is 5.32 Å². The molecule has 0 saturated heterocycles. The highest BCUT2D eigenvalue weighted by atomic mass is 79.9. The van der Waals surface area contributed by atoms with Crippen molar-refractivity contribution in [2.45, 2.75) is 6.92 Å². The van der Waals surface area contributed by atoms with E-state index in [9.17, 15) is 5.26 Å². The van der Waals surface area contributed by atoms with Gasteiger partial charge in [-0.3, -0.25) is 0 Å². The zero-order chi connectivity index (χ0) is 18.1. The van der Waals surface area contributed by atoms with E-state index in [-0.39, 0.29) is 0 Å².